The second kappa shape index (κ2) is 4.23. The molecule has 0 aliphatic rings. The first kappa shape index (κ1) is 10.5. The van der Waals surface area contributed by atoms with Gasteiger partial charge >= 0.3 is 5.97 Å². The third-order valence-corrected chi connectivity index (χ3v) is 2.54. The largest absolute Gasteiger partial charge is 0.476 e. The van der Waals surface area contributed by atoms with Crippen LogP contribution < -0.4 is 5.32 Å². The predicted molar refractivity (Wildman–Crippen MR) is 59.1 cm³/mol. The Labute approximate surface area is 95.0 Å². The monoisotopic (exact) mass is 236 g/mol. The molecular formula is C9H8N4O2S. The van der Waals surface area contributed by atoms with E-state index in [1.54, 1.807) is 6.20 Å². The third-order valence-electron chi connectivity index (χ3n) is 1.71. The standard InChI is InChI=1S/C9H8N4O2S/c1-5-2-11-9(16-5)13-7-4-10-3-6(12-7)8(14)15/h2-4H,1H3,(H,14,15)(H,11,12,13). The van der Waals surface area contributed by atoms with E-state index in [2.05, 4.69) is 20.3 Å². The Bertz CT molecular complexity index is 526. The second-order valence-electron chi connectivity index (χ2n) is 3.00. The molecule has 0 aliphatic heterocycles. The van der Waals surface area contributed by atoms with Crippen molar-refractivity contribution in [2.24, 2.45) is 0 Å². The predicted octanol–water partition coefficient (Wildman–Crippen LogP) is 1.68. The van der Waals surface area contributed by atoms with E-state index >= 15 is 0 Å². The van der Waals surface area contributed by atoms with Crippen LogP contribution >= 0.6 is 11.3 Å². The lowest BCUT2D eigenvalue weighted by atomic mass is 10.4. The Morgan fingerprint density at radius 3 is 2.88 bits per heavy atom. The molecule has 0 radical (unpaired) electrons. The van der Waals surface area contributed by atoms with Crippen molar-refractivity contribution >= 4 is 28.3 Å². The van der Waals surface area contributed by atoms with Crippen LogP contribution in [0.5, 0.6) is 0 Å². The molecular weight excluding hydrogens is 228 g/mol. The van der Waals surface area contributed by atoms with E-state index < -0.39 is 5.97 Å². The summed E-state index contributed by atoms with van der Waals surface area (Å²) in [6, 6.07) is 0. The minimum absolute atomic E-state index is 0.0988. The molecule has 0 aliphatic carbocycles. The summed E-state index contributed by atoms with van der Waals surface area (Å²) in [7, 11) is 0. The highest BCUT2D eigenvalue weighted by atomic mass is 32.1. The molecule has 2 aromatic rings. The number of carboxylic acid groups (broad SMARTS) is 1. The van der Waals surface area contributed by atoms with Crippen LogP contribution in [0.2, 0.25) is 0 Å². The molecule has 2 N–H and O–H groups in total. The highest BCUT2D eigenvalue weighted by molar-refractivity contribution is 7.15. The zero-order valence-electron chi connectivity index (χ0n) is 8.34. The lowest BCUT2D eigenvalue weighted by Crippen LogP contribution is -2.03. The van der Waals surface area contributed by atoms with Gasteiger partial charge < -0.3 is 10.4 Å². The van der Waals surface area contributed by atoms with Gasteiger partial charge in [0, 0.05) is 11.1 Å². The quantitative estimate of drug-likeness (QED) is 0.843. The maximum atomic E-state index is 10.7. The van der Waals surface area contributed by atoms with Gasteiger partial charge in [-0.2, -0.15) is 0 Å². The number of aromatic carboxylic acids is 1. The summed E-state index contributed by atoms with van der Waals surface area (Å²) >= 11 is 1.46. The number of anilines is 2. The molecule has 0 atom stereocenters. The van der Waals surface area contributed by atoms with E-state index in [4.69, 9.17) is 5.11 Å². The van der Waals surface area contributed by atoms with Crippen molar-refractivity contribution in [3.8, 4) is 0 Å². The van der Waals surface area contributed by atoms with Gasteiger partial charge in [0.1, 0.15) is 0 Å². The molecule has 6 nitrogen and oxygen atoms in total. The van der Waals surface area contributed by atoms with Gasteiger partial charge in [0.15, 0.2) is 16.6 Å². The Morgan fingerprint density at radius 1 is 1.44 bits per heavy atom. The first-order valence-corrected chi connectivity index (χ1v) is 5.21. The molecule has 2 rings (SSSR count). The number of hydrogen-bond acceptors (Lipinski definition) is 6. The fourth-order valence-corrected chi connectivity index (χ4v) is 1.72. The van der Waals surface area contributed by atoms with Crippen LogP contribution in [0.15, 0.2) is 18.6 Å². The van der Waals surface area contributed by atoms with E-state index in [-0.39, 0.29) is 5.69 Å². The smallest absolute Gasteiger partial charge is 0.356 e. The van der Waals surface area contributed by atoms with E-state index in [9.17, 15) is 4.79 Å². The van der Waals surface area contributed by atoms with Crippen LogP contribution in [-0.4, -0.2) is 26.0 Å². The van der Waals surface area contributed by atoms with Gasteiger partial charge in [-0.25, -0.2) is 14.8 Å². The topological polar surface area (TPSA) is 88.0 Å². The fraction of sp³-hybridized carbons (Fsp3) is 0.111. The van der Waals surface area contributed by atoms with Gasteiger partial charge in [0.2, 0.25) is 0 Å². The van der Waals surface area contributed by atoms with E-state index in [0.717, 1.165) is 4.88 Å². The summed E-state index contributed by atoms with van der Waals surface area (Å²) in [5, 5.41) is 12.3. The van der Waals surface area contributed by atoms with Gasteiger partial charge in [0.25, 0.3) is 0 Å². The van der Waals surface area contributed by atoms with Gasteiger partial charge in [-0.05, 0) is 6.92 Å². The minimum Gasteiger partial charge on any atom is -0.476 e. The Hall–Kier alpha value is -2.02. The second-order valence-corrected chi connectivity index (χ2v) is 4.23. The number of rotatable bonds is 3. The maximum absolute atomic E-state index is 10.7. The van der Waals surface area contributed by atoms with E-state index in [0.29, 0.717) is 10.9 Å². The summed E-state index contributed by atoms with van der Waals surface area (Å²) in [6.45, 7) is 1.93. The zero-order valence-corrected chi connectivity index (χ0v) is 9.15. The van der Waals surface area contributed by atoms with Crippen molar-refractivity contribution in [1.29, 1.82) is 0 Å². The molecule has 2 heterocycles. The molecule has 82 valence electrons. The van der Waals surface area contributed by atoms with Gasteiger partial charge in [0.05, 0.1) is 12.4 Å². The lowest BCUT2D eigenvalue weighted by molar-refractivity contribution is 0.0690. The van der Waals surface area contributed by atoms with Gasteiger partial charge in [-0.15, -0.1) is 11.3 Å². The number of thiazole rings is 1. The van der Waals surface area contributed by atoms with Crippen molar-refractivity contribution in [2.75, 3.05) is 5.32 Å². The van der Waals surface area contributed by atoms with Crippen molar-refractivity contribution in [3.05, 3.63) is 29.2 Å². The molecule has 0 amide bonds. The minimum atomic E-state index is -1.11. The highest BCUT2D eigenvalue weighted by Gasteiger charge is 2.07. The summed E-state index contributed by atoms with van der Waals surface area (Å²) in [5.41, 5.74) is -0.0988. The molecule has 0 aromatic carbocycles. The number of aromatic nitrogens is 3. The first-order valence-electron chi connectivity index (χ1n) is 4.40. The molecule has 0 spiro atoms. The number of nitrogens with one attached hydrogen (secondary N) is 1. The van der Waals surface area contributed by atoms with Gasteiger partial charge in [-0.3, -0.25) is 4.98 Å². The number of carboxylic acids is 1. The zero-order chi connectivity index (χ0) is 11.5. The number of nitrogens with zero attached hydrogens (tertiary/aromatic N) is 3. The van der Waals surface area contributed by atoms with Crippen LogP contribution in [-0.2, 0) is 0 Å². The van der Waals surface area contributed by atoms with Gasteiger partial charge in [-0.1, -0.05) is 0 Å². The summed E-state index contributed by atoms with van der Waals surface area (Å²) in [6.07, 6.45) is 4.37. The molecule has 2 aromatic heterocycles. The Morgan fingerprint density at radius 2 is 2.25 bits per heavy atom. The lowest BCUT2D eigenvalue weighted by Gasteiger charge is -2.01. The summed E-state index contributed by atoms with van der Waals surface area (Å²) in [5.74, 6) is -0.735. The average molecular weight is 236 g/mol. The highest BCUT2D eigenvalue weighted by Crippen LogP contribution is 2.20. The summed E-state index contributed by atoms with van der Waals surface area (Å²) in [4.78, 5) is 23.5. The SMILES string of the molecule is Cc1cnc(Nc2cncc(C(=O)O)n2)s1. The fourth-order valence-electron chi connectivity index (χ4n) is 1.05. The van der Waals surface area contributed by atoms with Crippen LogP contribution in [0, 0.1) is 6.92 Å². The molecule has 0 saturated heterocycles. The van der Waals surface area contributed by atoms with Crippen LogP contribution in [0.1, 0.15) is 15.4 Å². The normalized spacial score (nSPS) is 10.1. The van der Waals surface area contributed by atoms with E-state index in [1.165, 1.54) is 23.7 Å². The Kier molecular flexibility index (Phi) is 2.78. The van der Waals surface area contributed by atoms with Crippen LogP contribution in [0.3, 0.4) is 0 Å². The molecule has 7 heteroatoms. The van der Waals surface area contributed by atoms with Crippen molar-refractivity contribution in [3.63, 3.8) is 0 Å². The Balaban J connectivity index is 2.21. The first-order chi connectivity index (χ1) is 7.65. The van der Waals surface area contributed by atoms with Crippen molar-refractivity contribution < 1.29 is 9.90 Å². The molecule has 0 fully saturated rings. The van der Waals surface area contributed by atoms with Crippen molar-refractivity contribution in [1.82, 2.24) is 15.0 Å². The van der Waals surface area contributed by atoms with E-state index in [1.807, 2.05) is 6.92 Å². The number of aryl methyl sites for hydroxylation is 1. The number of carbonyl (C=O) groups is 1. The maximum Gasteiger partial charge on any atom is 0.356 e. The summed E-state index contributed by atoms with van der Waals surface area (Å²) < 4.78 is 0. The third kappa shape index (κ3) is 2.31. The molecule has 0 unspecified atom stereocenters. The average Bonchev–Trinajstić information content (AvgIpc) is 2.64. The van der Waals surface area contributed by atoms with Crippen molar-refractivity contribution in [2.45, 2.75) is 6.92 Å². The number of hydrogen-bond donors (Lipinski definition) is 2. The molecule has 0 saturated carbocycles. The molecule has 0 bridgehead atoms. The van der Waals surface area contributed by atoms with Crippen LogP contribution in [0.25, 0.3) is 0 Å². The molecule has 16 heavy (non-hydrogen) atoms. The van der Waals surface area contributed by atoms with Crippen LogP contribution in [0.4, 0.5) is 10.9 Å².